The van der Waals surface area contributed by atoms with E-state index in [1.54, 1.807) is 18.2 Å². The zero-order chi connectivity index (χ0) is 27.4. The second-order valence-corrected chi connectivity index (χ2v) is 9.47. The van der Waals surface area contributed by atoms with Crippen molar-refractivity contribution in [3.05, 3.63) is 115 Å². The highest BCUT2D eigenvalue weighted by atomic mass is 19.1. The molecule has 5 aromatic rings. The minimum absolute atomic E-state index is 0.251. The Hall–Kier alpha value is -4.71. The number of hydrogen-bond acceptors (Lipinski definition) is 3. The summed E-state index contributed by atoms with van der Waals surface area (Å²) in [5.74, 6) is -0.251. The third-order valence-electron chi connectivity index (χ3n) is 6.78. The number of H-pyrrole nitrogens is 2. The van der Waals surface area contributed by atoms with Crippen LogP contribution in [0.4, 0.5) is 4.39 Å². The van der Waals surface area contributed by atoms with Gasteiger partial charge in [-0.2, -0.15) is 5.10 Å². The van der Waals surface area contributed by atoms with E-state index in [1.165, 1.54) is 6.07 Å². The van der Waals surface area contributed by atoms with Gasteiger partial charge in [0.1, 0.15) is 17.0 Å². The molecule has 0 fully saturated rings. The Bertz CT molecular complexity index is 1730. The monoisotopic (exact) mass is 517 g/mol. The minimum Gasteiger partial charge on any atom is -0.359 e. The molecule has 0 saturated carbocycles. The summed E-state index contributed by atoms with van der Waals surface area (Å²) in [6, 6.07) is 18.6. The van der Waals surface area contributed by atoms with E-state index in [-0.39, 0.29) is 5.82 Å². The first kappa shape index (κ1) is 25.9. The Kier molecular flexibility index (Phi) is 7.55. The van der Waals surface area contributed by atoms with Crippen molar-refractivity contribution in [2.24, 2.45) is 0 Å². The number of unbranched alkanes of at least 4 members (excludes halogenated alkanes) is 1. The van der Waals surface area contributed by atoms with Crippen LogP contribution in [0.15, 0.2) is 103 Å². The third-order valence-corrected chi connectivity index (χ3v) is 6.78. The Morgan fingerprint density at radius 1 is 1.05 bits per heavy atom. The first-order chi connectivity index (χ1) is 19.0. The van der Waals surface area contributed by atoms with Crippen LogP contribution in [0.3, 0.4) is 0 Å². The number of nitrogens with one attached hydrogen (secondary N) is 3. The molecule has 0 amide bonds. The molecule has 0 saturated heterocycles. The normalized spacial score (nSPS) is 12.3. The van der Waals surface area contributed by atoms with Crippen LogP contribution in [-0.4, -0.2) is 20.2 Å². The van der Waals surface area contributed by atoms with Crippen molar-refractivity contribution in [1.29, 1.82) is 0 Å². The molecule has 3 aromatic heterocycles. The SMILES string of the molecule is C=C/C(=C\C(=C/C)c1ccc2[nH]nc(-c3cc4c(-c5ccccc5F)cccc4[nH]3)c2n1)NC(=C)CCCC. The van der Waals surface area contributed by atoms with Gasteiger partial charge in [0.25, 0.3) is 0 Å². The maximum Gasteiger partial charge on any atom is 0.135 e. The molecular weight excluding hydrogens is 485 g/mol. The van der Waals surface area contributed by atoms with Crippen LogP contribution in [-0.2, 0) is 0 Å². The second kappa shape index (κ2) is 11.4. The van der Waals surface area contributed by atoms with Crippen molar-refractivity contribution in [2.45, 2.75) is 33.1 Å². The van der Waals surface area contributed by atoms with E-state index < -0.39 is 0 Å². The van der Waals surface area contributed by atoms with Crippen molar-refractivity contribution in [3.63, 3.8) is 0 Å². The summed E-state index contributed by atoms with van der Waals surface area (Å²) < 4.78 is 14.6. The summed E-state index contributed by atoms with van der Waals surface area (Å²) in [7, 11) is 0. The first-order valence-corrected chi connectivity index (χ1v) is 13.2. The number of benzene rings is 2. The average molecular weight is 518 g/mol. The van der Waals surface area contributed by atoms with Crippen LogP contribution < -0.4 is 5.32 Å². The molecule has 5 nitrogen and oxygen atoms in total. The van der Waals surface area contributed by atoms with Gasteiger partial charge in [0.15, 0.2) is 0 Å². The van der Waals surface area contributed by atoms with Gasteiger partial charge in [-0.25, -0.2) is 9.37 Å². The van der Waals surface area contributed by atoms with Crippen LogP contribution in [0.25, 0.3) is 50.0 Å². The second-order valence-electron chi connectivity index (χ2n) is 9.47. The third kappa shape index (κ3) is 5.32. The van der Waals surface area contributed by atoms with E-state index in [2.05, 4.69) is 40.6 Å². The molecule has 3 N–H and O–H groups in total. The van der Waals surface area contributed by atoms with Crippen LogP contribution in [0, 0.1) is 5.82 Å². The molecule has 0 unspecified atom stereocenters. The van der Waals surface area contributed by atoms with Gasteiger partial charge in [0.05, 0.1) is 16.9 Å². The Balaban J connectivity index is 1.53. The standard InChI is InChI=1S/C33H32FN5/c1-5-8-12-21(4)35-23(7-3)19-22(6-2)28-17-18-30-32(37-28)33(39-38-30)31-20-26-24(14-11-16-29(26)36-31)25-13-9-10-15-27(25)34/h6-7,9-11,13-20,35-36H,3-5,8,12H2,1-2H3,(H,38,39)/b22-6+,23-19+. The predicted molar refractivity (Wildman–Crippen MR) is 160 cm³/mol. The molecule has 196 valence electrons. The summed E-state index contributed by atoms with van der Waals surface area (Å²) in [6.07, 6.45) is 8.97. The van der Waals surface area contributed by atoms with Gasteiger partial charge in [-0.3, -0.25) is 5.10 Å². The molecule has 39 heavy (non-hydrogen) atoms. The summed E-state index contributed by atoms with van der Waals surface area (Å²) in [5, 5.41) is 12.0. The fourth-order valence-corrected chi connectivity index (χ4v) is 4.72. The lowest BCUT2D eigenvalue weighted by atomic mass is 10.0. The molecule has 2 aromatic carbocycles. The quantitative estimate of drug-likeness (QED) is 0.162. The van der Waals surface area contributed by atoms with Gasteiger partial charge in [-0.1, -0.05) is 62.9 Å². The van der Waals surface area contributed by atoms with Crippen molar-refractivity contribution in [3.8, 4) is 22.5 Å². The van der Waals surface area contributed by atoms with Gasteiger partial charge in [-0.05, 0) is 73.4 Å². The topological polar surface area (TPSA) is 69.4 Å². The van der Waals surface area contributed by atoms with E-state index in [1.807, 2.05) is 61.5 Å². The lowest BCUT2D eigenvalue weighted by Gasteiger charge is -2.11. The number of allylic oxidation sites excluding steroid dienone is 5. The fraction of sp³-hybridized carbons (Fsp3) is 0.152. The van der Waals surface area contributed by atoms with E-state index in [0.717, 1.165) is 75.1 Å². The van der Waals surface area contributed by atoms with E-state index in [9.17, 15) is 4.39 Å². The summed E-state index contributed by atoms with van der Waals surface area (Å²) in [4.78, 5) is 8.45. The number of nitrogens with zero attached hydrogens (tertiary/aromatic N) is 2. The van der Waals surface area contributed by atoms with E-state index >= 15 is 0 Å². The summed E-state index contributed by atoms with van der Waals surface area (Å²) in [6.45, 7) is 12.3. The van der Waals surface area contributed by atoms with E-state index in [0.29, 0.717) is 11.3 Å². The number of halogens is 1. The van der Waals surface area contributed by atoms with Gasteiger partial charge in [0, 0.05) is 27.9 Å². The maximum absolute atomic E-state index is 14.6. The smallest absolute Gasteiger partial charge is 0.135 e. The number of rotatable bonds is 10. The maximum atomic E-state index is 14.6. The van der Waals surface area contributed by atoms with Gasteiger partial charge in [0.2, 0.25) is 0 Å². The van der Waals surface area contributed by atoms with Crippen molar-refractivity contribution >= 4 is 27.5 Å². The molecule has 0 aliphatic carbocycles. The largest absolute Gasteiger partial charge is 0.359 e. The highest BCUT2D eigenvalue weighted by Crippen LogP contribution is 2.35. The highest BCUT2D eigenvalue weighted by molar-refractivity contribution is 6.00. The van der Waals surface area contributed by atoms with Crippen molar-refractivity contribution < 1.29 is 4.39 Å². The molecule has 5 rings (SSSR count). The summed E-state index contributed by atoms with van der Waals surface area (Å²) >= 11 is 0. The molecule has 3 heterocycles. The first-order valence-electron chi connectivity index (χ1n) is 13.2. The molecule has 0 bridgehead atoms. The molecule has 0 atom stereocenters. The molecule has 0 radical (unpaired) electrons. The minimum atomic E-state index is -0.251. The Labute approximate surface area is 227 Å². The van der Waals surface area contributed by atoms with E-state index in [4.69, 9.17) is 4.98 Å². The lowest BCUT2D eigenvalue weighted by molar-refractivity contribution is 0.631. The Morgan fingerprint density at radius 3 is 2.64 bits per heavy atom. The number of aromatic nitrogens is 4. The van der Waals surface area contributed by atoms with Crippen LogP contribution in [0.2, 0.25) is 0 Å². The molecule has 6 heteroatoms. The average Bonchev–Trinajstić information content (AvgIpc) is 3.58. The lowest BCUT2D eigenvalue weighted by Crippen LogP contribution is -2.10. The highest BCUT2D eigenvalue weighted by Gasteiger charge is 2.16. The zero-order valence-corrected chi connectivity index (χ0v) is 22.3. The van der Waals surface area contributed by atoms with Gasteiger partial charge >= 0.3 is 0 Å². The fourth-order valence-electron chi connectivity index (χ4n) is 4.72. The summed E-state index contributed by atoms with van der Waals surface area (Å²) in [5.41, 5.74) is 8.99. The van der Waals surface area contributed by atoms with Crippen molar-refractivity contribution in [1.82, 2.24) is 25.5 Å². The number of aromatic amines is 2. The van der Waals surface area contributed by atoms with Crippen LogP contribution in [0.1, 0.15) is 38.8 Å². The molecular formula is C33H32FN5. The van der Waals surface area contributed by atoms with Crippen LogP contribution in [0.5, 0.6) is 0 Å². The Morgan fingerprint density at radius 2 is 1.87 bits per heavy atom. The zero-order valence-electron chi connectivity index (χ0n) is 22.3. The van der Waals surface area contributed by atoms with Gasteiger partial charge < -0.3 is 10.3 Å². The number of pyridine rings is 1. The predicted octanol–water partition coefficient (Wildman–Crippen LogP) is 8.68. The molecule has 0 spiro atoms. The van der Waals surface area contributed by atoms with Crippen molar-refractivity contribution in [2.75, 3.05) is 0 Å². The number of hydrogen-bond donors (Lipinski definition) is 3. The van der Waals surface area contributed by atoms with Crippen LogP contribution >= 0.6 is 0 Å². The molecule has 0 aliphatic rings. The van der Waals surface area contributed by atoms with Gasteiger partial charge in [-0.15, -0.1) is 0 Å². The number of fused-ring (bicyclic) bond motifs is 2. The molecule has 0 aliphatic heterocycles.